The maximum absolute atomic E-state index is 8.95. The van der Waals surface area contributed by atoms with Crippen molar-refractivity contribution in [3.05, 3.63) is 11.6 Å². The Morgan fingerprint density at radius 3 is 3.07 bits per heavy atom. The van der Waals surface area contributed by atoms with Crippen LogP contribution in [0.5, 0.6) is 0 Å². The molecule has 1 fully saturated rings. The lowest BCUT2D eigenvalue weighted by molar-refractivity contribution is 0.467. The van der Waals surface area contributed by atoms with E-state index >= 15 is 0 Å². The summed E-state index contributed by atoms with van der Waals surface area (Å²) < 4.78 is 0. The maximum Gasteiger partial charge on any atom is 0.0672 e. The lowest BCUT2D eigenvalue weighted by Gasteiger charge is -2.15. The standard InChI is InChI=1S/C13H20N2/c14-10-12-6-3-7-13(12)15-9-8-11-4-1-2-5-11/h4,12-13,15H,1-3,5-9H2. The first-order chi connectivity index (χ1) is 7.40. The topological polar surface area (TPSA) is 35.8 Å². The van der Waals surface area contributed by atoms with Crippen LogP contribution < -0.4 is 5.32 Å². The van der Waals surface area contributed by atoms with Gasteiger partial charge in [0.15, 0.2) is 0 Å². The summed E-state index contributed by atoms with van der Waals surface area (Å²) in [5.41, 5.74) is 1.62. The Kier molecular flexibility index (Phi) is 3.80. The van der Waals surface area contributed by atoms with Gasteiger partial charge in [0.25, 0.3) is 0 Å². The number of rotatable bonds is 4. The van der Waals surface area contributed by atoms with Gasteiger partial charge in [-0.2, -0.15) is 5.26 Å². The Balaban J connectivity index is 1.67. The van der Waals surface area contributed by atoms with Crippen LogP contribution in [0.15, 0.2) is 11.6 Å². The molecule has 0 heterocycles. The molecule has 0 aromatic rings. The Morgan fingerprint density at radius 1 is 1.40 bits per heavy atom. The predicted octanol–water partition coefficient (Wildman–Crippen LogP) is 2.77. The summed E-state index contributed by atoms with van der Waals surface area (Å²) in [5.74, 6) is 0.266. The highest BCUT2D eigenvalue weighted by Gasteiger charge is 2.26. The van der Waals surface area contributed by atoms with Crippen LogP contribution in [0, 0.1) is 17.2 Å². The minimum atomic E-state index is 0.266. The Hall–Kier alpha value is -0.810. The summed E-state index contributed by atoms with van der Waals surface area (Å²) in [4.78, 5) is 0. The maximum atomic E-state index is 8.95. The van der Waals surface area contributed by atoms with E-state index < -0.39 is 0 Å². The van der Waals surface area contributed by atoms with E-state index in [2.05, 4.69) is 17.5 Å². The third-order valence-corrected chi connectivity index (χ3v) is 3.67. The Morgan fingerprint density at radius 2 is 2.33 bits per heavy atom. The first kappa shape index (κ1) is 10.7. The molecule has 15 heavy (non-hydrogen) atoms. The summed E-state index contributed by atoms with van der Waals surface area (Å²) >= 11 is 0. The molecule has 0 amide bonds. The zero-order valence-electron chi connectivity index (χ0n) is 9.34. The molecule has 0 radical (unpaired) electrons. The van der Waals surface area contributed by atoms with Gasteiger partial charge in [0.1, 0.15) is 0 Å². The molecule has 0 saturated heterocycles. The van der Waals surface area contributed by atoms with Crippen LogP contribution in [-0.4, -0.2) is 12.6 Å². The molecule has 1 N–H and O–H groups in total. The zero-order chi connectivity index (χ0) is 10.5. The number of allylic oxidation sites excluding steroid dienone is 1. The minimum absolute atomic E-state index is 0.266. The fourth-order valence-corrected chi connectivity index (χ4v) is 2.74. The minimum Gasteiger partial charge on any atom is -0.312 e. The monoisotopic (exact) mass is 204 g/mol. The van der Waals surface area contributed by atoms with Crippen molar-refractivity contribution in [2.45, 2.75) is 51.0 Å². The van der Waals surface area contributed by atoms with Crippen molar-refractivity contribution in [1.29, 1.82) is 5.26 Å². The van der Waals surface area contributed by atoms with Gasteiger partial charge < -0.3 is 5.32 Å². The van der Waals surface area contributed by atoms with Gasteiger partial charge in [-0.3, -0.25) is 0 Å². The highest BCUT2D eigenvalue weighted by molar-refractivity contribution is 5.07. The average Bonchev–Trinajstić information content (AvgIpc) is 2.88. The van der Waals surface area contributed by atoms with Crippen molar-refractivity contribution in [3.63, 3.8) is 0 Å². The van der Waals surface area contributed by atoms with E-state index in [1.807, 2.05) is 0 Å². The van der Waals surface area contributed by atoms with E-state index in [4.69, 9.17) is 5.26 Å². The molecular formula is C13H20N2. The molecule has 2 aliphatic carbocycles. The van der Waals surface area contributed by atoms with Crippen molar-refractivity contribution in [2.24, 2.45) is 5.92 Å². The van der Waals surface area contributed by atoms with Gasteiger partial charge in [-0.25, -0.2) is 0 Å². The fourth-order valence-electron chi connectivity index (χ4n) is 2.74. The van der Waals surface area contributed by atoms with Crippen LogP contribution in [0.3, 0.4) is 0 Å². The van der Waals surface area contributed by atoms with Gasteiger partial charge >= 0.3 is 0 Å². The highest BCUT2D eigenvalue weighted by atomic mass is 14.9. The van der Waals surface area contributed by atoms with Gasteiger partial charge in [-0.05, 0) is 45.1 Å². The quantitative estimate of drug-likeness (QED) is 0.715. The molecule has 82 valence electrons. The fraction of sp³-hybridized carbons (Fsp3) is 0.769. The van der Waals surface area contributed by atoms with Crippen LogP contribution >= 0.6 is 0 Å². The molecule has 1 saturated carbocycles. The third-order valence-electron chi connectivity index (χ3n) is 3.67. The van der Waals surface area contributed by atoms with E-state index in [1.54, 1.807) is 5.57 Å². The lowest BCUT2D eigenvalue weighted by atomic mass is 10.1. The van der Waals surface area contributed by atoms with E-state index in [0.717, 1.165) is 13.0 Å². The molecule has 0 aliphatic heterocycles. The van der Waals surface area contributed by atoms with Crippen molar-refractivity contribution in [2.75, 3.05) is 6.54 Å². The van der Waals surface area contributed by atoms with Crippen LogP contribution in [0.2, 0.25) is 0 Å². The summed E-state index contributed by atoms with van der Waals surface area (Å²) in [7, 11) is 0. The molecule has 0 aromatic heterocycles. The molecule has 0 spiro atoms. The first-order valence-corrected chi connectivity index (χ1v) is 6.21. The number of hydrogen-bond acceptors (Lipinski definition) is 2. The molecule has 2 atom stereocenters. The van der Waals surface area contributed by atoms with Crippen molar-refractivity contribution in [3.8, 4) is 6.07 Å². The number of hydrogen-bond donors (Lipinski definition) is 1. The predicted molar refractivity (Wildman–Crippen MR) is 61.3 cm³/mol. The molecule has 2 heteroatoms. The highest BCUT2D eigenvalue weighted by Crippen LogP contribution is 2.25. The lowest BCUT2D eigenvalue weighted by Crippen LogP contribution is -2.32. The second-order valence-corrected chi connectivity index (χ2v) is 4.73. The number of nitriles is 1. The molecule has 2 rings (SSSR count). The van der Waals surface area contributed by atoms with E-state index in [1.165, 1.54) is 38.5 Å². The Labute approximate surface area is 92.4 Å². The SMILES string of the molecule is N#CC1CCCC1NCCC1=CCCC1. The largest absolute Gasteiger partial charge is 0.312 e. The summed E-state index contributed by atoms with van der Waals surface area (Å²) in [6, 6.07) is 2.88. The third kappa shape index (κ3) is 2.82. The van der Waals surface area contributed by atoms with E-state index in [9.17, 15) is 0 Å². The van der Waals surface area contributed by atoms with Gasteiger partial charge in [-0.1, -0.05) is 18.1 Å². The van der Waals surface area contributed by atoms with Crippen molar-refractivity contribution < 1.29 is 0 Å². The van der Waals surface area contributed by atoms with Crippen molar-refractivity contribution in [1.82, 2.24) is 5.32 Å². The normalized spacial score (nSPS) is 30.2. The molecule has 0 aromatic carbocycles. The smallest absolute Gasteiger partial charge is 0.0672 e. The first-order valence-electron chi connectivity index (χ1n) is 6.21. The average molecular weight is 204 g/mol. The van der Waals surface area contributed by atoms with Gasteiger partial charge in [0.2, 0.25) is 0 Å². The van der Waals surface area contributed by atoms with Crippen LogP contribution in [0.1, 0.15) is 44.9 Å². The summed E-state index contributed by atoms with van der Waals surface area (Å²) in [6.07, 6.45) is 11.0. The number of nitrogens with zero attached hydrogens (tertiary/aromatic N) is 1. The van der Waals surface area contributed by atoms with Crippen LogP contribution in [0.25, 0.3) is 0 Å². The molecule has 2 aliphatic rings. The zero-order valence-corrected chi connectivity index (χ0v) is 9.34. The van der Waals surface area contributed by atoms with Gasteiger partial charge in [0, 0.05) is 6.04 Å². The molecule has 2 unspecified atom stereocenters. The van der Waals surface area contributed by atoms with E-state index in [-0.39, 0.29) is 5.92 Å². The Bertz CT molecular complexity index is 275. The molecule has 2 nitrogen and oxygen atoms in total. The van der Waals surface area contributed by atoms with Crippen molar-refractivity contribution >= 4 is 0 Å². The summed E-state index contributed by atoms with van der Waals surface area (Å²) in [6.45, 7) is 1.06. The number of nitrogens with one attached hydrogen (secondary N) is 1. The van der Waals surface area contributed by atoms with Crippen LogP contribution in [0.4, 0.5) is 0 Å². The molecule has 0 bridgehead atoms. The van der Waals surface area contributed by atoms with Crippen LogP contribution in [-0.2, 0) is 0 Å². The second kappa shape index (κ2) is 5.32. The van der Waals surface area contributed by atoms with Gasteiger partial charge in [-0.15, -0.1) is 0 Å². The molecular weight excluding hydrogens is 184 g/mol. The van der Waals surface area contributed by atoms with Gasteiger partial charge in [0.05, 0.1) is 12.0 Å². The van der Waals surface area contributed by atoms with E-state index in [0.29, 0.717) is 6.04 Å². The summed E-state index contributed by atoms with van der Waals surface area (Å²) in [5, 5.41) is 12.5. The second-order valence-electron chi connectivity index (χ2n) is 4.73.